The maximum absolute atomic E-state index is 4.64. The minimum absolute atomic E-state index is 0.906. The van der Waals surface area contributed by atoms with E-state index in [2.05, 4.69) is 77.4 Å². The van der Waals surface area contributed by atoms with Gasteiger partial charge in [-0.1, -0.05) is 42.5 Å². The second-order valence-electron chi connectivity index (χ2n) is 6.80. The fourth-order valence-electron chi connectivity index (χ4n) is 3.52. The fourth-order valence-corrected chi connectivity index (χ4v) is 4.58. The smallest absolute Gasteiger partial charge is 0.112 e. The average molecular weight is 350 g/mol. The van der Waals surface area contributed by atoms with E-state index in [0.29, 0.717) is 0 Å². The molecule has 0 bridgehead atoms. The molecule has 0 unspecified atom stereocenters. The molecule has 0 fully saturated rings. The zero-order valence-corrected chi connectivity index (χ0v) is 15.6. The highest BCUT2D eigenvalue weighted by Gasteiger charge is 2.23. The first-order valence-electron chi connectivity index (χ1n) is 8.71. The van der Waals surface area contributed by atoms with Crippen molar-refractivity contribution in [3.05, 3.63) is 70.2 Å². The Morgan fingerprint density at radius 1 is 1.08 bits per heavy atom. The first kappa shape index (κ1) is 16.3. The minimum atomic E-state index is 0.906. The predicted octanol–water partition coefficient (Wildman–Crippen LogP) is 4.43. The number of nitrogens with zero attached hydrogens (tertiary/aromatic N) is 3. The van der Waals surface area contributed by atoms with Crippen LogP contribution in [0.4, 0.5) is 5.69 Å². The van der Waals surface area contributed by atoms with Gasteiger partial charge in [0.05, 0.1) is 6.54 Å². The number of hydrogen-bond donors (Lipinski definition) is 0. The Hall–Kier alpha value is -2.17. The van der Waals surface area contributed by atoms with Gasteiger partial charge in [-0.25, -0.2) is 4.98 Å². The highest BCUT2D eigenvalue weighted by Crippen LogP contribution is 2.37. The lowest BCUT2D eigenvalue weighted by atomic mass is 9.98. The van der Waals surface area contributed by atoms with Crippen LogP contribution in [0.15, 0.2) is 54.7 Å². The first-order chi connectivity index (χ1) is 12.2. The Bertz CT molecular complexity index is 855. The monoisotopic (exact) mass is 349 g/mol. The molecule has 1 aromatic heterocycles. The molecule has 0 saturated heterocycles. The van der Waals surface area contributed by atoms with Crippen LogP contribution in [0.5, 0.6) is 0 Å². The second-order valence-corrected chi connectivity index (χ2v) is 8.00. The molecule has 0 spiro atoms. The van der Waals surface area contributed by atoms with E-state index in [9.17, 15) is 0 Å². The van der Waals surface area contributed by atoms with Crippen LogP contribution in [0, 0.1) is 0 Å². The van der Waals surface area contributed by atoms with Gasteiger partial charge in [0.25, 0.3) is 0 Å². The molecule has 3 aromatic rings. The largest absolute Gasteiger partial charge is 0.364 e. The molecule has 4 heteroatoms. The lowest BCUT2D eigenvalue weighted by Gasteiger charge is -2.18. The van der Waals surface area contributed by atoms with Gasteiger partial charge in [-0.2, -0.15) is 0 Å². The van der Waals surface area contributed by atoms with Gasteiger partial charge in [-0.3, -0.25) is 0 Å². The van der Waals surface area contributed by atoms with E-state index in [1.807, 2.05) is 17.5 Å². The van der Waals surface area contributed by atoms with Gasteiger partial charge in [-0.15, -0.1) is 11.3 Å². The van der Waals surface area contributed by atoms with Gasteiger partial charge < -0.3 is 9.80 Å². The predicted molar refractivity (Wildman–Crippen MR) is 106 cm³/mol. The van der Waals surface area contributed by atoms with E-state index in [1.165, 1.54) is 32.3 Å². The Kier molecular flexibility index (Phi) is 4.55. The molecule has 1 aliphatic rings. The number of benzene rings is 2. The highest BCUT2D eigenvalue weighted by atomic mass is 32.1. The third-order valence-electron chi connectivity index (χ3n) is 4.61. The van der Waals surface area contributed by atoms with E-state index in [0.717, 1.165) is 26.1 Å². The van der Waals surface area contributed by atoms with Gasteiger partial charge in [0.15, 0.2) is 0 Å². The molecular formula is C21H23N3S. The molecule has 1 aliphatic heterocycles. The summed E-state index contributed by atoms with van der Waals surface area (Å²) < 4.78 is 0. The minimum Gasteiger partial charge on any atom is -0.364 e. The molecule has 25 heavy (non-hydrogen) atoms. The van der Waals surface area contributed by atoms with E-state index < -0.39 is 0 Å². The lowest BCUT2D eigenvalue weighted by molar-refractivity contribution is 0.406. The molecule has 0 aliphatic carbocycles. The van der Waals surface area contributed by atoms with Crippen molar-refractivity contribution in [2.24, 2.45) is 0 Å². The van der Waals surface area contributed by atoms with E-state index in [4.69, 9.17) is 0 Å². The van der Waals surface area contributed by atoms with Crippen molar-refractivity contribution in [2.75, 3.05) is 25.5 Å². The van der Waals surface area contributed by atoms with Gasteiger partial charge in [0.1, 0.15) is 5.01 Å². The summed E-state index contributed by atoms with van der Waals surface area (Å²) in [6, 6.07) is 17.4. The lowest BCUT2D eigenvalue weighted by Crippen LogP contribution is -2.19. The van der Waals surface area contributed by atoms with Crippen LogP contribution in [0.3, 0.4) is 0 Å². The summed E-state index contributed by atoms with van der Waals surface area (Å²) in [5, 5.41) is 1.20. The Balaban J connectivity index is 1.57. The van der Waals surface area contributed by atoms with E-state index in [-0.39, 0.29) is 0 Å². The summed E-state index contributed by atoms with van der Waals surface area (Å²) in [6.07, 6.45) is 3.13. The number of aromatic nitrogens is 1. The Morgan fingerprint density at radius 2 is 1.92 bits per heavy atom. The number of anilines is 1. The molecule has 2 heterocycles. The molecule has 0 atom stereocenters. The molecule has 0 saturated carbocycles. The van der Waals surface area contributed by atoms with Crippen LogP contribution >= 0.6 is 11.3 Å². The topological polar surface area (TPSA) is 19.4 Å². The highest BCUT2D eigenvalue weighted by molar-refractivity contribution is 7.11. The summed E-state index contributed by atoms with van der Waals surface area (Å²) >= 11 is 1.83. The van der Waals surface area contributed by atoms with Crippen LogP contribution in [0.1, 0.15) is 15.4 Å². The standard InChI is InChI=1S/C21H23N3S/c1-23(2)14-17-13-22-21(25-17)15-24-12-11-19-18(9-6-10-20(19)24)16-7-4-3-5-8-16/h3-10,13H,11-12,14-15H2,1-2H3. The quantitative estimate of drug-likeness (QED) is 0.679. The first-order valence-corrected chi connectivity index (χ1v) is 9.53. The maximum Gasteiger partial charge on any atom is 0.112 e. The fraction of sp³-hybridized carbons (Fsp3) is 0.286. The van der Waals surface area contributed by atoms with Crippen LogP contribution in [-0.2, 0) is 19.5 Å². The van der Waals surface area contributed by atoms with Crippen molar-refractivity contribution < 1.29 is 0 Å². The maximum atomic E-state index is 4.64. The van der Waals surface area contributed by atoms with Gasteiger partial charge in [0.2, 0.25) is 0 Å². The molecule has 0 amide bonds. The van der Waals surface area contributed by atoms with Crippen molar-refractivity contribution >= 4 is 17.0 Å². The molecule has 0 N–H and O–H groups in total. The van der Waals surface area contributed by atoms with Crippen LogP contribution in [0.2, 0.25) is 0 Å². The van der Waals surface area contributed by atoms with Gasteiger partial charge in [-0.05, 0) is 43.3 Å². The molecule has 4 rings (SSSR count). The number of thiazole rings is 1. The number of rotatable bonds is 5. The third kappa shape index (κ3) is 3.46. The second kappa shape index (κ2) is 6.98. The normalized spacial score (nSPS) is 13.5. The average Bonchev–Trinajstić information content (AvgIpc) is 3.22. The molecule has 3 nitrogen and oxygen atoms in total. The van der Waals surface area contributed by atoms with Gasteiger partial charge in [0, 0.05) is 29.9 Å². The number of fused-ring (bicyclic) bond motifs is 1. The van der Waals surface area contributed by atoms with Crippen molar-refractivity contribution in [1.29, 1.82) is 0 Å². The summed E-state index contributed by atoms with van der Waals surface area (Å²) in [5.74, 6) is 0. The van der Waals surface area contributed by atoms with E-state index in [1.54, 1.807) is 0 Å². The third-order valence-corrected chi connectivity index (χ3v) is 5.57. The van der Waals surface area contributed by atoms with Gasteiger partial charge >= 0.3 is 0 Å². The molecular weight excluding hydrogens is 326 g/mol. The summed E-state index contributed by atoms with van der Waals surface area (Å²) in [6.45, 7) is 2.94. The van der Waals surface area contributed by atoms with E-state index >= 15 is 0 Å². The molecule has 128 valence electrons. The molecule has 2 aromatic carbocycles. The number of hydrogen-bond acceptors (Lipinski definition) is 4. The zero-order valence-electron chi connectivity index (χ0n) is 14.8. The van der Waals surface area contributed by atoms with Crippen LogP contribution in [0.25, 0.3) is 11.1 Å². The van der Waals surface area contributed by atoms with Crippen LogP contribution < -0.4 is 4.90 Å². The van der Waals surface area contributed by atoms with Crippen LogP contribution in [-0.4, -0.2) is 30.5 Å². The summed E-state index contributed by atoms with van der Waals surface area (Å²) in [7, 11) is 4.20. The molecule has 0 radical (unpaired) electrons. The zero-order chi connectivity index (χ0) is 17.2. The SMILES string of the molecule is CN(C)Cc1cnc(CN2CCc3c(-c4ccccc4)cccc32)s1. The van der Waals surface area contributed by atoms with Crippen molar-refractivity contribution in [2.45, 2.75) is 19.5 Å². The van der Waals surface area contributed by atoms with Crippen molar-refractivity contribution in [1.82, 2.24) is 9.88 Å². The van der Waals surface area contributed by atoms with Crippen molar-refractivity contribution in [3.8, 4) is 11.1 Å². The Morgan fingerprint density at radius 3 is 2.72 bits per heavy atom. The summed E-state index contributed by atoms with van der Waals surface area (Å²) in [5.41, 5.74) is 5.52. The van der Waals surface area contributed by atoms with Crippen molar-refractivity contribution in [3.63, 3.8) is 0 Å². The summed E-state index contributed by atoms with van der Waals surface area (Å²) in [4.78, 5) is 10.6. The Labute approximate surface area is 153 Å².